The molecule has 0 radical (unpaired) electrons. The van der Waals surface area contributed by atoms with E-state index in [2.05, 4.69) is 18.6 Å². The van der Waals surface area contributed by atoms with Gasteiger partial charge in [0.25, 0.3) is 0 Å². The van der Waals surface area contributed by atoms with Crippen LogP contribution in [0.15, 0.2) is 0 Å². The minimum absolute atomic E-state index is 0.0806. The van der Waals surface area contributed by atoms with Crippen LogP contribution in [0.3, 0.4) is 0 Å². The minimum Gasteiger partial charge on any atom is -0.302 e. The lowest BCUT2D eigenvalue weighted by Crippen LogP contribution is -2.39. The quantitative estimate of drug-likeness (QED) is 0.130. The Morgan fingerprint density at radius 2 is 1.29 bits per heavy atom. The second kappa shape index (κ2) is 19.5. The summed E-state index contributed by atoms with van der Waals surface area (Å²) in [6, 6.07) is -0.522. The molecule has 0 amide bonds. The van der Waals surface area contributed by atoms with Crippen LogP contribution in [0.1, 0.15) is 117 Å². The largest absolute Gasteiger partial charge is 0.472 e. The molecule has 0 aromatic rings. The van der Waals surface area contributed by atoms with Gasteiger partial charge in [0.1, 0.15) is 0 Å². The highest BCUT2D eigenvalue weighted by atomic mass is 32.2. The van der Waals surface area contributed by atoms with Crippen LogP contribution >= 0.6 is 7.82 Å². The minimum atomic E-state index is -4.16. The molecule has 188 valence electrons. The molecular weight excluding hydrogens is 437 g/mol. The van der Waals surface area contributed by atoms with Gasteiger partial charge in [-0.1, -0.05) is 97.8 Å². The summed E-state index contributed by atoms with van der Waals surface area (Å²) in [5.41, 5.74) is 0. The molecule has 31 heavy (non-hydrogen) atoms. The van der Waals surface area contributed by atoms with Crippen LogP contribution in [0.25, 0.3) is 0 Å². The van der Waals surface area contributed by atoms with Gasteiger partial charge in [-0.15, -0.1) is 0 Å². The maximum Gasteiger partial charge on any atom is 0.472 e. The van der Waals surface area contributed by atoms with Crippen molar-refractivity contribution in [3.8, 4) is 0 Å². The fraction of sp³-hybridized carbons (Fsp3) is 1.00. The fourth-order valence-corrected chi connectivity index (χ4v) is 5.48. The smallest absolute Gasteiger partial charge is 0.302 e. The zero-order chi connectivity index (χ0) is 23.4. The number of phosphoric ester groups is 1. The molecule has 2 atom stereocenters. The van der Waals surface area contributed by atoms with Crippen LogP contribution in [-0.2, 0) is 23.6 Å². The highest BCUT2D eigenvalue weighted by Crippen LogP contribution is 2.43. The Morgan fingerprint density at radius 3 is 1.87 bits per heavy atom. The Kier molecular flexibility index (Phi) is 19.5. The number of rotatable bonds is 23. The van der Waals surface area contributed by atoms with E-state index in [9.17, 15) is 17.9 Å². The van der Waals surface area contributed by atoms with Gasteiger partial charge in [0, 0.05) is 6.04 Å². The number of phosphoric acid groups is 1. The Balaban J connectivity index is 4.45. The van der Waals surface area contributed by atoms with Crippen LogP contribution in [0.2, 0.25) is 0 Å². The molecule has 0 aliphatic heterocycles. The first kappa shape index (κ1) is 31.0. The van der Waals surface area contributed by atoms with Crippen LogP contribution in [0, 0.1) is 0 Å². The first-order chi connectivity index (χ1) is 14.8. The normalized spacial score (nSPS) is 15.1. The third kappa shape index (κ3) is 20.4. The van der Waals surface area contributed by atoms with Crippen molar-refractivity contribution in [2.24, 2.45) is 0 Å². The first-order valence-corrected chi connectivity index (χ1v) is 15.5. The summed E-state index contributed by atoms with van der Waals surface area (Å²) in [6.45, 7) is 6.25. The number of sulfonamides is 1. The van der Waals surface area contributed by atoms with Crippen molar-refractivity contribution in [1.29, 1.82) is 0 Å². The molecule has 9 heteroatoms. The monoisotopic (exact) mass is 485 g/mol. The summed E-state index contributed by atoms with van der Waals surface area (Å²) in [6.07, 6.45) is 14.8. The van der Waals surface area contributed by atoms with E-state index >= 15 is 0 Å². The fourth-order valence-electron chi connectivity index (χ4n) is 3.28. The van der Waals surface area contributed by atoms with Gasteiger partial charge in [-0.25, -0.2) is 17.7 Å². The maximum atomic E-state index is 12.5. The van der Waals surface area contributed by atoms with E-state index in [0.717, 1.165) is 51.4 Å². The SMILES string of the molecule is CCCCCCCCCCS(=O)(=O)NC(CCCCCC)COP(=O)(O)OCCCC. The highest BCUT2D eigenvalue weighted by molar-refractivity contribution is 7.89. The van der Waals surface area contributed by atoms with Gasteiger partial charge in [0.05, 0.1) is 19.0 Å². The predicted molar refractivity (Wildman–Crippen MR) is 129 cm³/mol. The standard InChI is InChI=1S/C22H48NO6PS/c1-4-7-10-12-13-14-15-17-20-31(26,27)23-22(18-16-11-8-5-2)21-29-30(24,25)28-19-9-6-3/h22-23H,4-21H2,1-3H3,(H,24,25). The van der Waals surface area contributed by atoms with Gasteiger partial charge < -0.3 is 4.89 Å². The number of unbranched alkanes of at least 4 members (excludes halogenated alkanes) is 11. The molecule has 0 aromatic heterocycles. The number of hydrogen-bond acceptors (Lipinski definition) is 5. The Labute approximate surface area is 191 Å². The Hall–Kier alpha value is 0.0200. The molecule has 0 heterocycles. The van der Waals surface area contributed by atoms with E-state index in [1.807, 2.05) is 6.92 Å². The van der Waals surface area contributed by atoms with E-state index in [1.165, 1.54) is 25.7 Å². The van der Waals surface area contributed by atoms with Gasteiger partial charge in [0.2, 0.25) is 10.0 Å². The van der Waals surface area contributed by atoms with Crippen molar-refractivity contribution in [3.05, 3.63) is 0 Å². The van der Waals surface area contributed by atoms with Crippen molar-refractivity contribution >= 4 is 17.8 Å². The zero-order valence-electron chi connectivity index (χ0n) is 20.1. The average Bonchev–Trinajstić information content (AvgIpc) is 2.71. The molecule has 2 N–H and O–H groups in total. The third-order valence-electron chi connectivity index (χ3n) is 5.21. The van der Waals surface area contributed by atoms with Crippen LogP contribution < -0.4 is 4.72 Å². The van der Waals surface area contributed by atoms with E-state index in [0.29, 0.717) is 19.3 Å². The molecule has 7 nitrogen and oxygen atoms in total. The van der Waals surface area contributed by atoms with E-state index < -0.39 is 23.9 Å². The van der Waals surface area contributed by atoms with Crippen LogP contribution in [-0.4, -0.2) is 38.3 Å². The summed E-state index contributed by atoms with van der Waals surface area (Å²) in [7, 11) is -7.62. The molecule has 0 spiro atoms. The molecule has 0 fully saturated rings. The molecular formula is C22H48NO6PS. The van der Waals surface area contributed by atoms with Gasteiger partial charge >= 0.3 is 7.82 Å². The lowest BCUT2D eigenvalue weighted by atomic mass is 10.1. The summed E-state index contributed by atoms with van der Waals surface area (Å²) < 4.78 is 49.7. The Morgan fingerprint density at radius 1 is 0.774 bits per heavy atom. The van der Waals surface area contributed by atoms with Crippen LogP contribution in [0.4, 0.5) is 0 Å². The molecule has 0 rings (SSSR count). The molecule has 2 unspecified atom stereocenters. The lowest BCUT2D eigenvalue weighted by molar-refractivity contribution is 0.137. The van der Waals surface area contributed by atoms with Gasteiger partial charge in [0.15, 0.2) is 0 Å². The van der Waals surface area contributed by atoms with Crippen molar-refractivity contribution in [3.63, 3.8) is 0 Å². The number of nitrogens with one attached hydrogen (secondary N) is 1. The molecule has 0 aromatic carbocycles. The van der Waals surface area contributed by atoms with Gasteiger partial charge in [-0.05, 0) is 19.3 Å². The van der Waals surface area contributed by atoms with Gasteiger partial charge in [-0.2, -0.15) is 0 Å². The van der Waals surface area contributed by atoms with E-state index in [4.69, 9.17) is 9.05 Å². The van der Waals surface area contributed by atoms with Crippen molar-refractivity contribution in [2.75, 3.05) is 19.0 Å². The van der Waals surface area contributed by atoms with Crippen molar-refractivity contribution in [1.82, 2.24) is 4.72 Å². The maximum absolute atomic E-state index is 12.5. The second-order valence-electron chi connectivity index (χ2n) is 8.41. The second-order valence-corrected chi connectivity index (χ2v) is 11.7. The van der Waals surface area contributed by atoms with E-state index in [1.54, 1.807) is 0 Å². The van der Waals surface area contributed by atoms with Crippen molar-refractivity contribution < 1.29 is 26.9 Å². The molecule has 0 aliphatic rings. The molecule has 0 saturated heterocycles. The molecule has 0 bridgehead atoms. The van der Waals surface area contributed by atoms with Crippen LogP contribution in [0.5, 0.6) is 0 Å². The zero-order valence-corrected chi connectivity index (χ0v) is 21.9. The van der Waals surface area contributed by atoms with Crippen molar-refractivity contribution in [2.45, 2.75) is 123 Å². The van der Waals surface area contributed by atoms with E-state index in [-0.39, 0.29) is 19.0 Å². The highest BCUT2D eigenvalue weighted by Gasteiger charge is 2.25. The first-order valence-electron chi connectivity index (χ1n) is 12.4. The summed E-state index contributed by atoms with van der Waals surface area (Å²) in [4.78, 5) is 9.81. The molecule has 0 aliphatic carbocycles. The third-order valence-corrected chi connectivity index (χ3v) is 7.71. The molecule has 0 saturated carbocycles. The predicted octanol–water partition coefficient (Wildman–Crippen LogP) is 6.32. The number of hydrogen-bond donors (Lipinski definition) is 2. The average molecular weight is 486 g/mol. The summed E-state index contributed by atoms with van der Waals surface area (Å²) >= 11 is 0. The topological polar surface area (TPSA) is 102 Å². The summed E-state index contributed by atoms with van der Waals surface area (Å²) in [5.74, 6) is 0.0806. The van der Waals surface area contributed by atoms with Gasteiger partial charge in [-0.3, -0.25) is 9.05 Å². The summed E-state index contributed by atoms with van der Waals surface area (Å²) in [5, 5.41) is 0. The lowest BCUT2D eigenvalue weighted by Gasteiger charge is -2.20. The Bertz CT molecular complexity index is 558.